The molecule has 0 spiro atoms. The molecule has 2 N–H and O–H groups in total. The number of nitrogens with zero attached hydrogens (tertiary/aromatic N) is 2. The first kappa shape index (κ1) is 15.5. The van der Waals surface area contributed by atoms with E-state index >= 15 is 0 Å². The van der Waals surface area contributed by atoms with Crippen LogP contribution in [0.25, 0.3) is 0 Å². The van der Waals surface area contributed by atoms with E-state index in [-0.39, 0.29) is 4.90 Å². The lowest BCUT2D eigenvalue weighted by atomic mass is 10.2. The van der Waals surface area contributed by atoms with E-state index in [0.29, 0.717) is 23.2 Å². The van der Waals surface area contributed by atoms with Crippen LogP contribution in [0.3, 0.4) is 0 Å². The molecule has 1 heterocycles. The first-order valence-electron chi connectivity index (χ1n) is 6.27. The van der Waals surface area contributed by atoms with Gasteiger partial charge in [-0.05, 0) is 31.5 Å². The maximum absolute atomic E-state index is 12.2. The molecule has 0 amide bonds. The number of benzene rings is 1. The van der Waals surface area contributed by atoms with Crippen LogP contribution in [-0.4, -0.2) is 24.9 Å². The summed E-state index contributed by atoms with van der Waals surface area (Å²) in [7, 11) is -3.74. The summed E-state index contributed by atoms with van der Waals surface area (Å²) in [5.74, 6) is 0.384. The normalized spacial score (nSPS) is 11.2. The van der Waals surface area contributed by atoms with Gasteiger partial charge in [-0.15, -0.1) is 0 Å². The minimum atomic E-state index is -3.74. The van der Waals surface area contributed by atoms with E-state index < -0.39 is 10.0 Å². The fourth-order valence-corrected chi connectivity index (χ4v) is 2.69. The number of aryl methyl sites for hydroxylation is 1. The molecular weight excluding hydrogens is 312 g/mol. The van der Waals surface area contributed by atoms with E-state index in [1.807, 2.05) is 13.8 Å². The van der Waals surface area contributed by atoms with Gasteiger partial charge in [-0.2, -0.15) is 0 Å². The number of nitrogens with one attached hydrogen (secondary N) is 2. The Morgan fingerprint density at radius 3 is 2.48 bits per heavy atom. The van der Waals surface area contributed by atoms with E-state index in [0.717, 1.165) is 5.56 Å². The van der Waals surface area contributed by atoms with Crippen LogP contribution in [-0.2, 0) is 10.0 Å². The van der Waals surface area contributed by atoms with Gasteiger partial charge in [0.2, 0.25) is 5.95 Å². The van der Waals surface area contributed by atoms with Gasteiger partial charge in [-0.25, -0.2) is 18.4 Å². The van der Waals surface area contributed by atoms with Crippen LogP contribution < -0.4 is 10.0 Å². The molecule has 2 aromatic rings. The third-order valence-electron chi connectivity index (χ3n) is 2.70. The molecule has 6 nitrogen and oxygen atoms in total. The third-order valence-corrected chi connectivity index (χ3v) is 4.44. The molecule has 0 fully saturated rings. The number of sulfonamides is 1. The van der Waals surface area contributed by atoms with Crippen molar-refractivity contribution in [3.05, 3.63) is 41.2 Å². The molecule has 0 aliphatic carbocycles. The molecule has 1 aromatic heterocycles. The summed E-state index contributed by atoms with van der Waals surface area (Å²) < 4.78 is 26.9. The molecule has 21 heavy (non-hydrogen) atoms. The zero-order valence-corrected chi connectivity index (χ0v) is 13.2. The maximum atomic E-state index is 12.2. The molecule has 2 rings (SSSR count). The van der Waals surface area contributed by atoms with Crippen LogP contribution in [0, 0.1) is 6.92 Å². The van der Waals surface area contributed by atoms with Crippen molar-refractivity contribution in [3.8, 4) is 0 Å². The van der Waals surface area contributed by atoms with Crippen LogP contribution in [0.1, 0.15) is 12.5 Å². The molecule has 1 aromatic carbocycles. The van der Waals surface area contributed by atoms with Crippen molar-refractivity contribution in [1.82, 2.24) is 9.97 Å². The SMILES string of the molecule is CCNc1ncc(S(=O)(=O)Nc2ccc(C)c(Cl)c2)cn1. The molecule has 0 radical (unpaired) electrons. The Balaban J connectivity index is 2.23. The Morgan fingerprint density at radius 1 is 1.24 bits per heavy atom. The van der Waals surface area contributed by atoms with Gasteiger partial charge in [0.15, 0.2) is 0 Å². The highest BCUT2D eigenvalue weighted by Gasteiger charge is 2.15. The summed E-state index contributed by atoms with van der Waals surface area (Å²) in [4.78, 5) is 7.87. The van der Waals surface area contributed by atoms with E-state index in [2.05, 4.69) is 20.0 Å². The number of aromatic nitrogens is 2. The Hall–Kier alpha value is -1.86. The maximum Gasteiger partial charge on any atom is 0.264 e. The molecule has 0 bridgehead atoms. The second-order valence-electron chi connectivity index (χ2n) is 4.34. The van der Waals surface area contributed by atoms with Gasteiger partial charge in [0.1, 0.15) is 4.90 Å². The van der Waals surface area contributed by atoms with Crippen molar-refractivity contribution in [2.75, 3.05) is 16.6 Å². The highest BCUT2D eigenvalue weighted by molar-refractivity contribution is 7.92. The van der Waals surface area contributed by atoms with Crippen LogP contribution in [0.4, 0.5) is 11.6 Å². The van der Waals surface area contributed by atoms with Crippen molar-refractivity contribution in [1.29, 1.82) is 0 Å². The van der Waals surface area contributed by atoms with Crippen molar-refractivity contribution in [2.45, 2.75) is 18.7 Å². The van der Waals surface area contributed by atoms with Crippen molar-refractivity contribution in [2.24, 2.45) is 0 Å². The van der Waals surface area contributed by atoms with E-state index in [9.17, 15) is 8.42 Å². The van der Waals surface area contributed by atoms with Gasteiger partial charge in [0.05, 0.1) is 18.1 Å². The number of anilines is 2. The quantitative estimate of drug-likeness (QED) is 0.882. The highest BCUT2D eigenvalue weighted by Crippen LogP contribution is 2.22. The largest absolute Gasteiger partial charge is 0.355 e. The second kappa shape index (κ2) is 6.28. The molecule has 112 valence electrons. The smallest absolute Gasteiger partial charge is 0.264 e. The molecule has 0 unspecified atom stereocenters. The van der Waals surface area contributed by atoms with Crippen molar-refractivity contribution in [3.63, 3.8) is 0 Å². The molecule has 0 aliphatic rings. The molecule has 8 heteroatoms. The Bertz CT molecular complexity index is 732. The summed E-state index contributed by atoms with van der Waals surface area (Å²) in [6.07, 6.45) is 2.51. The van der Waals surface area contributed by atoms with Crippen molar-refractivity contribution < 1.29 is 8.42 Å². The predicted octanol–water partition coefficient (Wildman–Crippen LogP) is 2.67. The van der Waals surface area contributed by atoms with Gasteiger partial charge in [-0.1, -0.05) is 17.7 Å². The molecule has 0 aliphatic heterocycles. The van der Waals surface area contributed by atoms with Crippen molar-refractivity contribution >= 4 is 33.3 Å². The first-order valence-corrected chi connectivity index (χ1v) is 8.13. The summed E-state index contributed by atoms with van der Waals surface area (Å²) >= 11 is 5.98. The lowest BCUT2D eigenvalue weighted by Crippen LogP contribution is -2.14. The molecule has 0 saturated carbocycles. The first-order chi connectivity index (χ1) is 9.92. The molecule has 0 saturated heterocycles. The van der Waals surface area contributed by atoms with Gasteiger partial charge in [0, 0.05) is 11.6 Å². The topological polar surface area (TPSA) is 84.0 Å². The van der Waals surface area contributed by atoms with Gasteiger partial charge < -0.3 is 5.32 Å². The molecule has 0 atom stereocenters. The van der Waals surface area contributed by atoms with Crippen LogP contribution in [0.2, 0.25) is 5.02 Å². The fourth-order valence-electron chi connectivity index (χ4n) is 1.57. The highest BCUT2D eigenvalue weighted by atomic mass is 35.5. The average Bonchev–Trinajstić information content (AvgIpc) is 2.44. The summed E-state index contributed by atoms with van der Waals surface area (Å²) in [6, 6.07) is 4.94. The van der Waals surface area contributed by atoms with E-state index in [1.54, 1.807) is 18.2 Å². The second-order valence-corrected chi connectivity index (χ2v) is 6.43. The van der Waals surface area contributed by atoms with Gasteiger partial charge >= 0.3 is 0 Å². The van der Waals surface area contributed by atoms with Crippen LogP contribution >= 0.6 is 11.6 Å². The average molecular weight is 327 g/mol. The van der Waals surface area contributed by atoms with Crippen LogP contribution in [0.5, 0.6) is 0 Å². The summed E-state index contributed by atoms with van der Waals surface area (Å²) in [6.45, 7) is 4.40. The number of rotatable bonds is 5. The zero-order valence-electron chi connectivity index (χ0n) is 11.6. The number of halogens is 1. The summed E-state index contributed by atoms with van der Waals surface area (Å²) in [5, 5.41) is 3.39. The van der Waals surface area contributed by atoms with Gasteiger partial charge in [0.25, 0.3) is 10.0 Å². The lowest BCUT2D eigenvalue weighted by Gasteiger charge is -2.09. The fraction of sp³-hybridized carbons (Fsp3) is 0.231. The Morgan fingerprint density at radius 2 is 1.90 bits per heavy atom. The number of hydrogen-bond donors (Lipinski definition) is 2. The predicted molar refractivity (Wildman–Crippen MR) is 83.2 cm³/mol. The minimum Gasteiger partial charge on any atom is -0.355 e. The zero-order chi connectivity index (χ0) is 15.5. The third kappa shape index (κ3) is 3.83. The Labute approximate surface area is 128 Å². The standard InChI is InChI=1S/C13H15ClN4O2S/c1-3-15-13-16-7-11(8-17-13)21(19,20)18-10-5-4-9(2)12(14)6-10/h4-8,18H,3H2,1-2H3,(H,15,16,17). The Kier molecular flexibility index (Phi) is 4.64. The lowest BCUT2D eigenvalue weighted by molar-refractivity contribution is 0.600. The monoisotopic (exact) mass is 326 g/mol. The number of hydrogen-bond acceptors (Lipinski definition) is 5. The summed E-state index contributed by atoms with van der Waals surface area (Å²) in [5.41, 5.74) is 1.26. The van der Waals surface area contributed by atoms with Crippen LogP contribution in [0.15, 0.2) is 35.5 Å². The molecular formula is C13H15ClN4O2S. The van der Waals surface area contributed by atoms with Gasteiger partial charge in [-0.3, -0.25) is 4.72 Å². The van der Waals surface area contributed by atoms with E-state index in [1.165, 1.54) is 12.4 Å². The minimum absolute atomic E-state index is 0.0131. The van der Waals surface area contributed by atoms with E-state index in [4.69, 9.17) is 11.6 Å².